The van der Waals surface area contributed by atoms with E-state index in [9.17, 15) is 5.11 Å². The lowest BCUT2D eigenvalue weighted by atomic mass is 9.79. The molecule has 0 spiro atoms. The highest BCUT2D eigenvalue weighted by atomic mass is 16.3. The van der Waals surface area contributed by atoms with E-state index < -0.39 is 0 Å². The highest BCUT2D eigenvalue weighted by Gasteiger charge is 2.25. The van der Waals surface area contributed by atoms with Gasteiger partial charge in [-0.05, 0) is 49.3 Å². The van der Waals surface area contributed by atoms with Crippen LogP contribution in [0.3, 0.4) is 0 Å². The van der Waals surface area contributed by atoms with Crippen molar-refractivity contribution >= 4 is 11.6 Å². The second-order valence-electron chi connectivity index (χ2n) is 5.38. The SMILES string of the molecule is CCC(CC)(CCO)CN=C(N)Nc1cccc(C)c1. The number of aryl methyl sites for hydroxylation is 1. The Morgan fingerprint density at radius 3 is 2.60 bits per heavy atom. The maximum Gasteiger partial charge on any atom is 0.193 e. The topological polar surface area (TPSA) is 70.6 Å². The molecule has 0 heterocycles. The maximum atomic E-state index is 9.20. The molecule has 4 heteroatoms. The predicted octanol–water partition coefficient (Wildman–Crippen LogP) is 2.91. The van der Waals surface area contributed by atoms with Gasteiger partial charge in [0.1, 0.15) is 0 Å². The molecule has 0 aliphatic rings. The third kappa shape index (κ3) is 4.85. The quantitative estimate of drug-likeness (QED) is 0.530. The summed E-state index contributed by atoms with van der Waals surface area (Å²) < 4.78 is 0. The Kier molecular flexibility index (Phi) is 6.52. The maximum absolute atomic E-state index is 9.20. The van der Waals surface area contributed by atoms with E-state index in [1.165, 1.54) is 5.56 Å². The second kappa shape index (κ2) is 7.90. The first kappa shape index (κ1) is 16.5. The first-order valence-corrected chi connectivity index (χ1v) is 7.29. The van der Waals surface area contributed by atoms with Crippen molar-refractivity contribution in [3.05, 3.63) is 29.8 Å². The fraction of sp³-hybridized carbons (Fsp3) is 0.562. The minimum Gasteiger partial charge on any atom is -0.396 e. The van der Waals surface area contributed by atoms with Crippen LogP contribution in [-0.4, -0.2) is 24.2 Å². The van der Waals surface area contributed by atoms with Crippen LogP contribution in [0.4, 0.5) is 5.69 Å². The Bertz CT molecular complexity index is 439. The van der Waals surface area contributed by atoms with Crippen LogP contribution < -0.4 is 11.1 Å². The van der Waals surface area contributed by atoms with Crippen molar-refractivity contribution in [2.75, 3.05) is 18.5 Å². The molecule has 0 fully saturated rings. The zero-order chi connectivity index (χ0) is 15.0. The van der Waals surface area contributed by atoms with Crippen LogP contribution in [0.2, 0.25) is 0 Å². The standard InChI is InChI=1S/C16H27N3O/c1-4-16(5-2,9-10-20)12-18-15(17)19-14-8-6-7-13(3)11-14/h6-8,11,20H,4-5,9-10,12H2,1-3H3,(H3,17,18,19). The zero-order valence-electron chi connectivity index (χ0n) is 12.8. The lowest BCUT2D eigenvalue weighted by Crippen LogP contribution is -2.29. The summed E-state index contributed by atoms with van der Waals surface area (Å²) in [4.78, 5) is 4.45. The number of hydrogen-bond acceptors (Lipinski definition) is 2. The van der Waals surface area contributed by atoms with Gasteiger partial charge in [0.05, 0.1) is 0 Å². The van der Waals surface area contributed by atoms with Gasteiger partial charge in [0, 0.05) is 18.8 Å². The van der Waals surface area contributed by atoms with Crippen molar-refractivity contribution in [3.8, 4) is 0 Å². The highest BCUT2D eigenvalue weighted by Crippen LogP contribution is 2.30. The highest BCUT2D eigenvalue weighted by molar-refractivity contribution is 5.92. The lowest BCUT2D eigenvalue weighted by molar-refractivity contribution is 0.175. The van der Waals surface area contributed by atoms with Crippen LogP contribution >= 0.6 is 0 Å². The molecule has 0 saturated carbocycles. The molecule has 0 saturated heterocycles. The van der Waals surface area contributed by atoms with E-state index in [0.717, 1.165) is 24.9 Å². The minimum atomic E-state index is 0.0493. The van der Waals surface area contributed by atoms with Gasteiger partial charge in [-0.2, -0.15) is 0 Å². The molecular formula is C16H27N3O. The fourth-order valence-corrected chi connectivity index (χ4v) is 2.31. The van der Waals surface area contributed by atoms with Crippen LogP contribution in [0.15, 0.2) is 29.3 Å². The fourth-order valence-electron chi connectivity index (χ4n) is 2.31. The van der Waals surface area contributed by atoms with E-state index in [1.54, 1.807) is 0 Å². The van der Waals surface area contributed by atoms with Crippen molar-refractivity contribution in [2.45, 2.75) is 40.0 Å². The van der Waals surface area contributed by atoms with Gasteiger partial charge in [0.2, 0.25) is 0 Å². The first-order valence-electron chi connectivity index (χ1n) is 7.29. The van der Waals surface area contributed by atoms with Gasteiger partial charge in [-0.3, -0.25) is 4.99 Å². The normalized spacial score (nSPS) is 12.5. The number of aliphatic imine (C=N–C) groups is 1. The summed E-state index contributed by atoms with van der Waals surface area (Å²) in [7, 11) is 0. The summed E-state index contributed by atoms with van der Waals surface area (Å²) in [5.41, 5.74) is 8.13. The molecule has 0 atom stereocenters. The molecule has 4 N–H and O–H groups in total. The summed E-state index contributed by atoms with van der Waals surface area (Å²) in [5, 5.41) is 12.3. The summed E-state index contributed by atoms with van der Waals surface area (Å²) >= 11 is 0. The number of nitrogens with one attached hydrogen (secondary N) is 1. The van der Waals surface area contributed by atoms with Crippen LogP contribution in [0.5, 0.6) is 0 Å². The summed E-state index contributed by atoms with van der Waals surface area (Å²) in [6.07, 6.45) is 2.75. The minimum absolute atomic E-state index is 0.0493. The van der Waals surface area contributed by atoms with Crippen LogP contribution in [0.25, 0.3) is 0 Å². The van der Waals surface area contributed by atoms with E-state index >= 15 is 0 Å². The molecule has 1 aromatic rings. The smallest absolute Gasteiger partial charge is 0.193 e. The molecule has 1 aromatic carbocycles. The number of aliphatic hydroxyl groups is 1. The van der Waals surface area contributed by atoms with Gasteiger partial charge in [0.25, 0.3) is 0 Å². The monoisotopic (exact) mass is 277 g/mol. The van der Waals surface area contributed by atoms with E-state index in [4.69, 9.17) is 5.73 Å². The number of nitrogens with two attached hydrogens (primary N) is 1. The van der Waals surface area contributed by atoms with Crippen LogP contribution in [0.1, 0.15) is 38.7 Å². The predicted molar refractivity (Wildman–Crippen MR) is 86.0 cm³/mol. The number of anilines is 1. The molecular weight excluding hydrogens is 250 g/mol. The van der Waals surface area contributed by atoms with Crippen molar-refractivity contribution in [2.24, 2.45) is 16.1 Å². The summed E-state index contributed by atoms with van der Waals surface area (Å²) in [6, 6.07) is 8.02. The van der Waals surface area contributed by atoms with Gasteiger partial charge in [-0.25, -0.2) is 0 Å². The van der Waals surface area contributed by atoms with Gasteiger partial charge >= 0.3 is 0 Å². The number of rotatable bonds is 7. The van der Waals surface area contributed by atoms with E-state index in [1.807, 2.05) is 31.2 Å². The van der Waals surface area contributed by atoms with Gasteiger partial charge in [0.15, 0.2) is 5.96 Å². The number of aliphatic hydroxyl groups excluding tert-OH is 1. The van der Waals surface area contributed by atoms with E-state index in [0.29, 0.717) is 12.5 Å². The zero-order valence-corrected chi connectivity index (χ0v) is 12.8. The molecule has 0 aliphatic heterocycles. The molecule has 20 heavy (non-hydrogen) atoms. The summed E-state index contributed by atoms with van der Waals surface area (Å²) in [5.74, 6) is 0.430. The lowest BCUT2D eigenvalue weighted by Gasteiger charge is -2.29. The molecule has 0 aromatic heterocycles. The third-order valence-corrected chi connectivity index (χ3v) is 4.02. The molecule has 0 bridgehead atoms. The van der Waals surface area contributed by atoms with E-state index in [2.05, 4.69) is 24.2 Å². The van der Waals surface area contributed by atoms with Crippen molar-refractivity contribution in [3.63, 3.8) is 0 Å². The number of benzene rings is 1. The third-order valence-electron chi connectivity index (χ3n) is 4.02. The van der Waals surface area contributed by atoms with Crippen molar-refractivity contribution in [1.29, 1.82) is 0 Å². The number of guanidine groups is 1. The van der Waals surface area contributed by atoms with Crippen LogP contribution in [0, 0.1) is 12.3 Å². The van der Waals surface area contributed by atoms with Gasteiger partial charge in [-0.15, -0.1) is 0 Å². The van der Waals surface area contributed by atoms with Gasteiger partial charge < -0.3 is 16.2 Å². The molecule has 1 rings (SSSR count). The van der Waals surface area contributed by atoms with E-state index in [-0.39, 0.29) is 12.0 Å². The first-order chi connectivity index (χ1) is 9.55. The van der Waals surface area contributed by atoms with Crippen LogP contribution in [-0.2, 0) is 0 Å². The molecule has 0 aliphatic carbocycles. The van der Waals surface area contributed by atoms with Crippen molar-refractivity contribution in [1.82, 2.24) is 0 Å². The molecule has 0 unspecified atom stereocenters. The molecule has 112 valence electrons. The summed E-state index contributed by atoms with van der Waals surface area (Å²) in [6.45, 7) is 7.16. The Hall–Kier alpha value is -1.55. The molecule has 0 amide bonds. The molecule has 0 radical (unpaired) electrons. The van der Waals surface area contributed by atoms with Crippen molar-refractivity contribution < 1.29 is 5.11 Å². The largest absolute Gasteiger partial charge is 0.396 e. The molecule has 4 nitrogen and oxygen atoms in total. The van der Waals surface area contributed by atoms with Gasteiger partial charge in [-0.1, -0.05) is 26.0 Å². The Labute approximate surface area is 122 Å². The number of hydrogen-bond donors (Lipinski definition) is 3. The average Bonchev–Trinajstić information content (AvgIpc) is 2.44. The second-order valence-corrected chi connectivity index (χ2v) is 5.38. The Morgan fingerprint density at radius 1 is 1.35 bits per heavy atom. The average molecular weight is 277 g/mol. The Morgan fingerprint density at radius 2 is 2.05 bits per heavy atom. The Balaban J connectivity index is 2.68. The number of nitrogens with zero attached hydrogens (tertiary/aromatic N) is 1.